The zero-order chi connectivity index (χ0) is 10.3. The van der Waals surface area contributed by atoms with E-state index in [0.717, 1.165) is 0 Å². The first-order valence-corrected chi connectivity index (χ1v) is 4.47. The molecule has 1 aromatic heterocycles. The van der Waals surface area contributed by atoms with Gasteiger partial charge in [0.15, 0.2) is 11.5 Å². The summed E-state index contributed by atoms with van der Waals surface area (Å²) >= 11 is 3.09. The molecule has 7 heteroatoms. The minimum Gasteiger partial charge on any atom is -0.369 e. The average Bonchev–Trinajstić information content (AvgIpc) is 2.43. The second-order valence-electron chi connectivity index (χ2n) is 2.67. The monoisotopic (exact) mass is 256 g/mol. The first-order chi connectivity index (χ1) is 6.59. The highest BCUT2D eigenvalue weighted by Crippen LogP contribution is 2.32. The van der Waals surface area contributed by atoms with E-state index >= 15 is 0 Å². The first kappa shape index (κ1) is 8.95. The summed E-state index contributed by atoms with van der Waals surface area (Å²) in [5.41, 5.74) is 6.15. The summed E-state index contributed by atoms with van der Waals surface area (Å²) < 4.78 is 0.390. The Bertz CT molecular complexity index is 522. The van der Waals surface area contributed by atoms with E-state index in [-0.39, 0.29) is 17.2 Å². The van der Waals surface area contributed by atoms with E-state index in [1.165, 1.54) is 0 Å². The molecule has 0 atom stereocenters. The number of nitro groups is 1. The molecule has 0 spiro atoms. The third kappa shape index (κ3) is 1.22. The van der Waals surface area contributed by atoms with Crippen LogP contribution in [-0.4, -0.2) is 14.9 Å². The maximum Gasteiger partial charge on any atom is 0.311 e. The van der Waals surface area contributed by atoms with E-state index in [0.29, 0.717) is 9.99 Å². The molecule has 14 heavy (non-hydrogen) atoms. The van der Waals surface area contributed by atoms with Gasteiger partial charge in [-0.2, -0.15) is 0 Å². The summed E-state index contributed by atoms with van der Waals surface area (Å²) in [5, 5.41) is 10.7. The Morgan fingerprint density at radius 2 is 2.29 bits per heavy atom. The zero-order valence-electron chi connectivity index (χ0n) is 6.82. The van der Waals surface area contributed by atoms with Gasteiger partial charge in [0.2, 0.25) is 0 Å². The van der Waals surface area contributed by atoms with Crippen LogP contribution in [0.1, 0.15) is 0 Å². The molecule has 6 nitrogen and oxygen atoms in total. The van der Waals surface area contributed by atoms with E-state index in [9.17, 15) is 10.1 Å². The maximum absolute atomic E-state index is 10.7. The Morgan fingerprint density at radius 3 is 2.93 bits per heavy atom. The number of halogens is 1. The van der Waals surface area contributed by atoms with Crippen LogP contribution in [0.5, 0.6) is 0 Å². The topological polar surface area (TPSA) is 97.8 Å². The Labute approximate surface area is 86.4 Å². The summed E-state index contributed by atoms with van der Waals surface area (Å²) in [6.07, 6.45) is 0. The van der Waals surface area contributed by atoms with Gasteiger partial charge in [0, 0.05) is 0 Å². The predicted octanol–water partition coefficient (Wildman–Crippen LogP) is 1.82. The zero-order valence-corrected chi connectivity index (χ0v) is 8.41. The molecule has 2 aromatic rings. The van der Waals surface area contributed by atoms with Gasteiger partial charge in [0.05, 0.1) is 14.9 Å². The van der Waals surface area contributed by atoms with Crippen LogP contribution in [0.3, 0.4) is 0 Å². The van der Waals surface area contributed by atoms with Crippen molar-refractivity contribution in [1.29, 1.82) is 0 Å². The number of aromatic amines is 1. The Balaban J connectivity index is 2.88. The van der Waals surface area contributed by atoms with Crippen LogP contribution in [0.25, 0.3) is 11.0 Å². The Hall–Kier alpha value is -1.63. The summed E-state index contributed by atoms with van der Waals surface area (Å²) in [6, 6.07) is 3.26. The molecule has 0 radical (unpaired) electrons. The van der Waals surface area contributed by atoms with Crippen molar-refractivity contribution >= 4 is 38.6 Å². The third-order valence-electron chi connectivity index (χ3n) is 1.78. The van der Waals surface area contributed by atoms with Crippen molar-refractivity contribution in [2.24, 2.45) is 0 Å². The summed E-state index contributed by atoms with van der Waals surface area (Å²) in [5.74, 6) is 0.168. The second kappa shape index (κ2) is 2.95. The van der Waals surface area contributed by atoms with Crippen LogP contribution in [0.2, 0.25) is 0 Å². The third-order valence-corrected chi connectivity index (χ3v) is 2.42. The van der Waals surface area contributed by atoms with Gasteiger partial charge in [0.1, 0.15) is 0 Å². The van der Waals surface area contributed by atoms with Crippen LogP contribution < -0.4 is 5.73 Å². The molecule has 3 N–H and O–H groups in total. The molecule has 0 saturated heterocycles. The van der Waals surface area contributed by atoms with E-state index in [2.05, 4.69) is 25.9 Å². The lowest BCUT2D eigenvalue weighted by Crippen LogP contribution is -1.91. The van der Waals surface area contributed by atoms with Gasteiger partial charge < -0.3 is 10.7 Å². The minimum atomic E-state index is -0.493. The van der Waals surface area contributed by atoms with Crippen LogP contribution in [-0.2, 0) is 0 Å². The van der Waals surface area contributed by atoms with Crippen molar-refractivity contribution in [3.05, 3.63) is 26.7 Å². The molecular formula is C7H5BrN4O2. The lowest BCUT2D eigenvalue weighted by Gasteiger charge is -1.94. The number of H-pyrrole nitrogens is 1. The van der Waals surface area contributed by atoms with Gasteiger partial charge in [-0.15, -0.1) is 0 Å². The predicted molar refractivity (Wildman–Crippen MR) is 54.9 cm³/mol. The number of imidazole rings is 1. The highest BCUT2D eigenvalue weighted by molar-refractivity contribution is 9.10. The lowest BCUT2D eigenvalue weighted by atomic mass is 10.3. The molecule has 0 saturated carbocycles. The fourth-order valence-electron chi connectivity index (χ4n) is 1.23. The average molecular weight is 257 g/mol. The number of hydrogen-bond acceptors (Lipinski definition) is 4. The van der Waals surface area contributed by atoms with Gasteiger partial charge in [-0.25, -0.2) is 4.98 Å². The second-order valence-corrected chi connectivity index (χ2v) is 3.53. The van der Waals surface area contributed by atoms with Crippen LogP contribution in [0.4, 0.5) is 11.6 Å². The lowest BCUT2D eigenvalue weighted by molar-refractivity contribution is -0.384. The van der Waals surface area contributed by atoms with E-state index < -0.39 is 4.92 Å². The Morgan fingerprint density at radius 1 is 1.57 bits per heavy atom. The van der Waals surface area contributed by atoms with Crippen molar-refractivity contribution in [3.63, 3.8) is 0 Å². The number of fused-ring (bicyclic) bond motifs is 1. The summed E-state index contributed by atoms with van der Waals surface area (Å²) in [6.45, 7) is 0. The van der Waals surface area contributed by atoms with Crippen molar-refractivity contribution in [1.82, 2.24) is 9.97 Å². The number of benzene rings is 1. The summed E-state index contributed by atoms with van der Waals surface area (Å²) in [4.78, 5) is 16.8. The van der Waals surface area contributed by atoms with Gasteiger partial charge >= 0.3 is 5.69 Å². The smallest absolute Gasteiger partial charge is 0.311 e. The van der Waals surface area contributed by atoms with E-state index in [1.54, 1.807) is 12.1 Å². The maximum atomic E-state index is 10.7. The number of nitrogens with zero attached hydrogens (tertiary/aromatic N) is 2. The molecule has 0 aliphatic rings. The summed E-state index contributed by atoms with van der Waals surface area (Å²) in [7, 11) is 0. The number of hydrogen-bond donors (Lipinski definition) is 2. The number of nitrogens with one attached hydrogen (secondary N) is 1. The van der Waals surface area contributed by atoms with Crippen molar-refractivity contribution in [2.75, 3.05) is 5.73 Å². The quantitative estimate of drug-likeness (QED) is 0.601. The fraction of sp³-hybridized carbons (Fsp3) is 0. The van der Waals surface area contributed by atoms with Crippen molar-refractivity contribution < 1.29 is 4.92 Å². The van der Waals surface area contributed by atoms with Gasteiger partial charge in [-0.1, -0.05) is 0 Å². The molecule has 0 amide bonds. The number of aromatic nitrogens is 2. The van der Waals surface area contributed by atoms with E-state index in [1.807, 2.05) is 0 Å². The molecular weight excluding hydrogens is 252 g/mol. The molecule has 72 valence electrons. The highest BCUT2D eigenvalue weighted by atomic mass is 79.9. The molecule has 0 bridgehead atoms. The van der Waals surface area contributed by atoms with Crippen LogP contribution in [0, 0.1) is 10.1 Å². The number of rotatable bonds is 1. The van der Waals surface area contributed by atoms with Crippen LogP contribution in [0.15, 0.2) is 16.6 Å². The van der Waals surface area contributed by atoms with Gasteiger partial charge in [-0.3, -0.25) is 10.1 Å². The molecule has 2 rings (SSSR count). The highest BCUT2D eigenvalue weighted by Gasteiger charge is 2.19. The fourth-order valence-corrected chi connectivity index (χ4v) is 1.69. The van der Waals surface area contributed by atoms with Crippen molar-refractivity contribution in [3.8, 4) is 0 Å². The number of anilines is 1. The molecule has 0 aliphatic carbocycles. The molecule has 1 aromatic carbocycles. The Kier molecular flexibility index (Phi) is 1.88. The number of nitrogen functional groups attached to an aromatic ring is 1. The molecule has 0 aliphatic heterocycles. The van der Waals surface area contributed by atoms with Gasteiger partial charge in [0.25, 0.3) is 0 Å². The number of nitrogens with two attached hydrogens (primary N) is 1. The minimum absolute atomic E-state index is 0.0737. The SMILES string of the molecule is Nc1nc2c([N+](=O)[O-])c(Br)ccc2[nH]1. The first-order valence-electron chi connectivity index (χ1n) is 3.67. The molecule has 1 heterocycles. The normalized spacial score (nSPS) is 10.6. The molecule has 0 fully saturated rings. The standard InChI is InChI=1S/C7H5BrN4O2/c8-3-1-2-4-5(6(3)12(13)14)11-7(9)10-4/h1-2H,(H3,9,10,11). The van der Waals surface area contributed by atoms with Crippen LogP contribution >= 0.6 is 15.9 Å². The van der Waals surface area contributed by atoms with Gasteiger partial charge in [-0.05, 0) is 28.1 Å². The van der Waals surface area contributed by atoms with E-state index in [4.69, 9.17) is 5.73 Å². The largest absolute Gasteiger partial charge is 0.369 e. The van der Waals surface area contributed by atoms with Crippen molar-refractivity contribution in [2.45, 2.75) is 0 Å². The number of nitro benzene ring substituents is 1. The molecule has 0 unspecified atom stereocenters.